The van der Waals surface area contributed by atoms with Crippen LogP contribution in [-0.2, 0) is 25.7 Å². The summed E-state index contributed by atoms with van der Waals surface area (Å²) in [6.07, 6.45) is 1.51. The SMILES string of the molecule is CC(C)(C)OC(=O)N1C[C@H](N(OCc2ccccc2)C(=O)OC(C)(C)C)C[C@H]2CCN(c3cccc4cccnc34)C(=O)[C@H]21. The van der Waals surface area contributed by atoms with Crippen LogP contribution in [0.25, 0.3) is 10.9 Å². The van der Waals surface area contributed by atoms with E-state index in [-0.39, 0.29) is 25.0 Å². The topological polar surface area (TPSA) is 102 Å². The number of hydrogen-bond donors (Lipinski definition) is 0. The summed E-state index contributed by atoms with van der Waals surface area (Å²) in [5.74, 6) is -0.434. The summed E-state index contributed by atoms with van der Waals surface area (Å²) in [5, 5.41) is 2.17. The van der Waals surface area contributed by atoms with Gasteiger partial charge in [-0.15, -0.1) is 0 Å². The van der Waals surface area contributed by atoms with Gasteiger partial charge < -0.3 is 14.4 Å². The lowest BCUT2D eigenvalue weighted by atomic mass is 9.80. The molecule has 2 aliphatic rings. The molecule has 5 rings (SSSR count). The Balaban J connectivity index is 1.47. The van der Waals surface area contributed by atoms with Crippen LogP contribution in [0.3, 0.4) is 0 Å². The molecule has 0 radical (unpaired) electrons. The van der Waals surface area contributed by atoms with Crippen LogP contribution < -0.4 is 4.90 Å². The van der Waals surface area contributed by atoms with Crippen molar-refractivity contribution in [2.75, 3.05) is 18.0 Å². The van der Waals surface area contributed by atoms with Crippen LogP contribution in [0.5, 0.6) is 0 Å². The highest BCUT2D eigenvalue weighted by Gasteiger charge is 2.50. The maximum absolute atomic E-state index is 14.3. The van der Waals surface area contributed by atoms with Crippen molar-refractivity contribution in [3.8, 4) is 0 Å². The summed E-state index contributed by atoms with van der Waals surface area (Å²) in [6, 6.07) is 17.8. The van der Waals surface area contributed by atoms with Crippen molar-refractivity contribution < 1.29 is 28.7 Å². The Morgan fingerprint density at radius 2 is 1.64 bits per heavy atom. The largest absolute Gasteiger partial charge is 0.444 e. The number of ether oxygens (including phenoxy) is 2. The Morgan fingerprint density at radius 3 is 2.34 bits per heavy atom. The van der Waals surface area contributed by atoms with Gasteiger partial charge >= 0.3 is 12.2 Å². The summed E-state index contributed by atoms with van der Waals surface area (Å²) in [7, 11) is 0. The number of pyridine rings is 1. The van der Waals surface area contributed by atoms with Crippen LogP contribution in [-0.4, -0.2) is 69.4 Å². The zero-order chi connectivity index (χ0) is 31.6. The van der Waals surface area contributed by atoms with E-state index in [9.17, 15) is 14.4 Å². The van der Waals surface area contributed by atoms with E-state index in [2.05, 4.69) is 4.98 Å². The quantitative estimate of drug-likeness (QED) is 0.314. The molecule has 3 aromatic rings. The first-order chi connectivity index (χ1) is 20.8. The molecule has 0 bridgehead atoms. The van der Waals surface area contributed by atoms with Crippen molar-refractivity contribution in [2.24, 2.45) is 5.92 Å². The standard InChI is InChI=1S/C34H42N4O6/c1-33(2,3)43-31(40)37-21-26(38(32(41)44-34(4,5)6)42-22-23-12-8-7-9-13-23)20-25-17-19-36(30(39)29(25)37)27-16-10-14-24-15-11-18-35-28(24)27/h7-16,18,25-26,29H,17,19-22H2,1-6H3/t25-,26-,29+/m1/s1. The number of piperidine rings is 2. The van der Waals surface area contributed by atoms with Crippen LogP contribution in [0, 0.1) is 5.92 Å². The van der Waals surface area contributed by atoms with E-state index in [1.165, 1.54) is 9.96 Å². The molecule has 3 atom stereocenters. The lowest BCUT2D eigenvalue weighted by Crippen LogP contribution is -2.66. The number of para-hydroxylation sites is 1. The van der Waals surface area contributed by atoms with Gasteiger partial charge in [-0.2, -0.15) is 5.06 Å². The highest BCUT2D eigenvalue weighted by molar-refractivity contribution is 6.05. The molecule has 3 heterocycles. The Hall–Kier alpha value is -4.18. The number of fused-ring (bicyclic) bond motifs is 2. The second-order valence-corrected chi connectivity index (χ2v) is 13.4. The molecule has 0 unspecified atom stereocenters. The average molecular weight is 603 g/mol. The van der Waals surface area contributed by atoms with Gasteiger partial charge in [0.25, 0.3) is 0 Å². The van der Waals surface area contributed by atoms with Crippen molar-refractivity contribution in [2.45, 2.75) is 84.3 Å². The first kappa shape index (κ1) is 31.3. The number of hydrogen-bond acceptors (Lipinski definition) is 7. The van der Waals surface area contributed by atoms with Crippen LogP contribution in [0.2, 0.25) is 0 Å². The minimum atomic E-state index is -0.787. The molecule has 44 heavy (non-hydrogen) atoms. The fourth-order valence-corrected chi connectivity index (χ4v) is 5.88. The second-order valence-electron chi connectivity index (χ2n) is 13.4. The molecule has 10 heteroatoms. The number of likely N-dealkylation sites (tertiary alicyclic amines) is 1. The van der Waals surface area contributed by atoms with Crippen molar-refractivity contribution in [1.29, 1.82) is 0 Å². The minimum absolute atomic E-state index is 0.0392. The summed E-state index contributed by atoms with van der Waals surface area (Å²) >= 11 is 0. The van der Waals surface area contributed by atoms with Crippen LogP contribution in [0.15, 0.2) is 66.9 Å². The maximum Gasteiger partial charge on any atom is 0.434 e. The molecule has 1 aromatic heterocycles. The number of anilines is 1. The van der Waals surface area contributed by atoms with Gasteiger partial charge in [0.05, 0.1) is 17.2 Å². The molecule has 2 saturated heterocycles. The van der Waals surface area contributed by atoms with E-state index in [1.54, 1.807) is 52.6 Å². The van der Waals surface area contributed by atoms with Crippen LogP contribution in [0.1, 0.15) is 59.9 Å². The number of hydroxylamine groups is 2. The zero-order valence-corrected chi connectivity index (χ0v) is 26.4. The summed E-state index contributed by atoms with van der Waals surface area (Å²) in [4.78, 5) is 55.5. The summed E-state index contributed by atoms with van der Waals surface area (Å²) in [5.41, 5.74) is 0.766. The van der Waals surface area contributed by atoms with Crippen molar-refractivity contribution >= 4 is 34.7 Å². The van der Waals surface area contributed by atoms with E-state index in [0.29, 0.717) is 25.1 Å². The number of nitrogens with zero attached hydrogens (tertiary/aromatic N) is 4. The third kappa shape index (κ3) is 7.13. The van der Waals surface area contributed by atoms with Gasteiger partial charge in [-0.05, 0) is 78.0 Å². The monoisotopic (exact) mass is 602 g/mol. The summed E-state index contributed by atoms with van der Waals surface area (Å²) in [6.45, 7) is 11.4. The first-order valence-corrected chi connectivity index (χ1v) is 15.1. The van der Waals surface area contributed by atoms with Crippen molar-refractivity contribution in [3.63, 3.8) is 0 Å². The molecule has 10 nitrogen and oxygen atoms in total. The minimum Gasteiger partial charge on any atom is -0.444 e. The van der Waals surface area contributed by atoms with E-state index in [1.807, 2.05) is 60.7 Å². The number of carbonyl (C=O) groups is 3. The lowest BCUT2D eigenvalue weighted by molar-refractivity contribution is -0.194. The molecule has 0 spiro atoms. The maximum atomic E-state index is 14.3. The third-order valence-electron chi connectivity index (χ3n) is 7.66. The van der Waals surface area contributed by atoms with Gasteiger partial charge in [-0.3, -0.25) is 19.5 Å². The van der Waals surface area contributed by atoms with E-state index in [0.717, 1.165) is 16.5 Å². The Kier molecular flexibility index (Phi) is 8.83. The highest BCUT2D eigenvalue weighted by atomic mass is 16.7. The molecule has 0 N–H and O–H groups in total. The molecule has 2 aromatic carbocycles. The number of rotatable bonds is 5. The molecule has 2 aliphatic heterocycles. The molecule has 234 valence electrons. The predicted molar refractivity (Wildman–Crippen MR) is 167 cm³/mol. The number of carbonyl (C=O) groups excluding carboxylic acids is 3. The van der Waals surface area contributed by atoms with Gasteiger partial charge in [0.15, 0.2) is 0 Å². The lowest BCUT2D eigenvalue weighted by Gasteiger charge is -2.49. The molecular weight excluding hydrogens is 560 g/mol. The van der Waals surface area contributed by atoms with Crippen molar-refractivity contribution in [3.05, 3.63) is 72.4 Å². The Labute approximate surface area is 258 Å². The average Bonchev–Trinajstić information content (AvgIpc) is 2.95. The fourth-order valence-electron chi connectivity index (χ4n) is 5.88. The Bertz CT molecular complexity index is 1490. The Morgan fingerprint density at radius 1 is 0.932 bits per heavy atom. The van der Waals surface area contributed by atoms with Gasteiger partial charge in [0.1, 0.15) is 23.9 Å². The van der Waals surface area contributed by atoms with E-state index < -0.39 is 35.5 Å². The van der Waals surface area contributed by atoms with Crippen LogP contribution in [0.4, 0.5) is 15.3 Å². The van der Waals surface area contributed by atoms with Gasteiger partial charge in [0.2, 0.25) is 5.91 Å². The third-order valence-corrected chi connectivity index (χ3v) is 7.66. The predicted octanol–water partition coefficient (Wildman–Crippen LogP) is 6.33. The number of benzene rings is 2. The molecule has 0 aliphatic carbocycles. The zero-order valence-electron chi connectivity index (χ0n) is 26.4. The number of amides is 3. The molecule has 2 fully saturated rings. The first-order valence-electron chi connectivity index (χ1n) is 15.1. The van der Waals surface area contributed by atoms with Crippen molar-refractivity contribution in [1.82, 2.24) is 14.9 Å². The molecular formula is C34H42N4O6. The second kappa shape index (κ2) is 12.4. The molecule has 3 amide bonds. The van der Waals surface area contributed by atoms with Gasteiger partial charge in [0, 0.05) is 24.7 Å². The van der Waals surface area contributed by atoms with Crippen LogP contribution >= 0.6 is 0 Å². The van der Waals surface area contributed by atoms with Gasteiger partial charge in [-0.25, -0.2) is 9.59 Å². The van der Waals surface area contributed by atoms with Gasteiger partial charge in [-0.1, -0.05) is 48.5 Å². The van der Waals surface area contributed by atoms with E-state index in [4.69, 9.17) is 14.3 Å². The smallest absolute Gasteiger partial charge is 0.434 e. The normalized spacial score (nSPS) is 20.7. The number of aromatic nitrogens is 1. The summed E-state index contributed by atoms with van der Waals surface area (Å²) < 4.78 is 11.5. The fraction of sp³-hybridized carbons (Fsp3) is 0.471. The van der Waals surface area contributed by atoms with E-state index >= 15 is 0 Å². The molecule has 0 saturated carbocycles. The highest BCUT2D eigenvalue weighted by Crippen LogP contribution is 2.38.